The molecule has 1 fully saturated rings. The Hall–Kier alpha value is -2.95. The van der Waals surface area contributed by atoms with Crippen LogP contribution in [0.3, 0.4) is 0 Å². The number of alkyl halides is 3. The molecule has 1 spiro atoms. The first-order chi connectivity index (χ1) is 15.7. The number of aliphatic hydroxyl groups is 2. The lowest BCUT2D eigenvalue weighted by atomic mass is 9.76. The summed E-state index contributed by atoms with van der Waals surface area (Å²) in [5.74, 6) is -0.471. The minimum Gasteiger partial charge on any atom is -0.392 e. The third-order valence-corrected chi connectivity index (χ3v) is 6.75. The molecule has 4 heterocycles. The number of piperidine rings is 1. The van der Waals surface area contributed by atoms with Crippen LogP contribution in [-0.2, 0) is 25.7 Å². The monoisotopic (exact) mass is 460 g/mol. The molecule has 1 aromatic carbocycles. The molecular formula is C23H23F3N4O3. The number of fused-ring (bicyclic) bond motifs is 2. The van der Waals surface area contributed by atoms with Gasteiger partial charge in [-0.25, -0.2) is 4.98 Å². The number of pyridine rings is 1. The van der Waals surface area contributed by atoms with Gasteiger partial charge in [-0.1, -0.05) is 24.3 Å². The van der Waals surface area contributed by atoms with E-state index in [2.05, 4.69) is 16.4 Å². The molecular weight excluding hydrogens is 437 g/mol. The van der Waals surface area contributed by atoms with Crippen LogP contribution < -0.4 is 5.32 Å². The Morgan fingerprint density at radius 3 is 2.70 bits per heavy atom. The highest BCUT2D eigenvalue weighted by Crippen LogP contribution is 2.33. The number of hydrogen-bond donors (Lipinski definition) is 3. The van der Waals surface area contributed by atoms with Gasteiger partial charge in [0.2, 0.25) is 0 Å². The lowest BCUT2D eigenvalue weighted by Gasteiger charge is -2.48. The van der Waals surface area contributed by atoms with Gasteiger partial charge in [0.1, 0.15) is 11.3 Å². The number of aromatic nitrogens is 2. The van der Waals surface area contributed by atoms with Crippen molar-refractivity contribution in [2.45, 2.75) is 43.8 Å². The van der Waals surface area contributed by atoms with E-state index in [1.807, 2.05) is 18.2 Å². The van der Waals surface area contributed by atoms with Gasteiger partial charge in [-0.05, 0) is 30.0 Å². The van der Waals surface area contributed by atoms with E-state index in [1.54, 1.807) is 0 Å². The zero-order valence-electron chi connectivity index (χ0n) is 17.6. The average Bonchev–Trinajstić information content (AvgIpc) is 3.23. The first-order valence-corrected chi connectivity index (χ1v) is 10.7. The largest absolute Gasteiger partial charge is 0.417 e. The van der Waals surface area contributed by atoms with Crippen molar-refractivity contribution in [3.8, 4) is 0 Å². The molecule has 1 saturated heterocycles. The van der Waals surface area contributed by atoms with Crippen LogP contribution in [0.15, 0.2) is 42.7 Å². The summed E-state index contributed by atoms with van der Waals surface area (Å²) < 4.78 is 40.6. The number of nitrogens with zero attached hydrogens (tertiary/aromatic N) is 3. The van der Waals surface area contributed by atoms with Crippen LogP contribution in [0.2, 0.25) is 0 Å². The van der Waals surface area contributed by atoms with Gasteiger partial charge < -0.3 is 24.8 Å². The molecule has 2 atom stereocenters. The van der Waals surface area contributed by atoms with Crippen LogP contribution in [0.4, 0.5) is 13.2 Å². The Morgan fingerprint density at radius 1 is 1.24 bits per heavy atom. The third-order valence-electron chi connectivity index (χ3n) is 6.75. The molecule has 3 aromatic rings. The SMILES string of the molecule is O=C(c1cn2cc(C(F)(F)F)cc(CO)c2n1)N1CC[C@]2(Cc3ccccc3CN2)[C@H](O)C1. The molecule has 33 heavy (non-hydrogen) atoms. The Kier molecular flexibility index (Phi) is 5.19. The van der Waals surface area contributed by atoms with Crippen LogP contribution >= 0.6 is 0 Å². The molecule has 0 radical (unpaired) electrons. The Balaban J connectivity index is 1.38. The van der Waals surface area contributed by atoms with Gasteiger partial charge in [0, 0.05) is 37.6 Å². The quantitative estimate of drug-likeness (QED) is 0.545. The number of nitrogens with one attached hydrogen (secondary N) is 1. The maximum absolute atomic E-state index is 13.2. The summed E-state index contributed by atoms with van der Waals surface area (Å²) >= 11 is 0. The van der Waals surface area contributed by atoms with Gasteiger partial charge in [0.25, 0.3) is 5.91 Å². The molecule has 0 unspecified atom stereocenters. The number of likely N-dealkylation sites (tertiary alicyclic amines) is 1. The summed E-state index contributed by atoms with van der Waals surface area (Å²) in [4.78, 5) is 18.8. The fourth-order valence-electron chi connectivity index (χ4n) is 4.85. The Bertz CT molecular complexity index is 1230. The Labute approximate surface area is 187 Å². The van der Waals surface area contributed by atoms with Crippen LogP contribution in [-0.4, -0.2) is 55.1 Å². The smallest absolute Gasteiger partial charge is 0.392 e. The van der Waals surface area contributed by atoms with Crippen molar-refractivity contribution in [3.05, 3.63) is 70.7 Å². The van der Waals surface area contributed by atoms with Gasteiger partial charge in [0.05, 0.1) is 23.8 Å². The maximum atomic E-state index is 13.2. The molecule has 0 saturated carbocycles. The first kappa shape index (κ1) is 21.9. The summed E-state index contributed by atoms with van der Waals surface area (Å²) in [5, 5.41) is 24.0. The lowest BCUT2D eigenvalue weighted by Crippen LogP contribution is -2.65. The van der Waals surface area contributed by atoms with E-state index in [0.717, 1.165) is 16.7 Å². The standard InChI is InChI=1S/C23H23F3N4O3/c24-23(25,26)17-7-16(13-31)20-28-18(11-30(20)10-17)21(33)29-6-5-22(19(32)12-29)8-14-3-1-2-4-15(14)9-27-22/h1-4,7,10-11,19,27,31-32H,5-6,8-9,12-13H2/t19-,22+/m1/s1. The molecule has 7 nitrogen and oxygen atoms in total. The van der Waals surface area contributed by atoms with Crippen molar-refractivity contribution in [1.82, 2.24) is 19.6 Å². The number of aliphatic hydroxyl groups excluding tert-OH is 2. The Morgan fingerprint density at radius 2 is 2.00 bits per heavy atom. The van der Waals surface area contributed by atoms with E-state index in [0.29, 0.717) is 25.9 Å². The number of hydrogen-bond acceptors (Lipinski definition) is 5. The van der Waals surface area contributed by atoms with Crippen molar-refractivity contribution in [2.24, 2.45) is 0 Å². The molecule has 2 aromatic heterocycles. The maximum Gasteiger partial charge on any atom is 0.417 e. The van der Waals surface area contributed by atoms with Crippen molar-refractivity contribution in [2.75, 3.05) is 13.1 Å². The van der Waals surface area contributed by atoms with Crippen molar-refractivity contribution in [1.29, 1.82) is 0 Å². The predicted molar refractivity (Wildman–Crippen MR) is 112 cm³/mol. The van der Waals surface area contributed by atoms with Crippen LogP contribution in [0.1, 0.15) is 39.2 Å². The number of imidazole rings is 1. The van der Waals surface area contributed by atoms with Gasteiger partial charge in [-0.3, -0.25) is 4.79 Å². The zero-order chi connectivity index (χ0) is 23.4. The minimum absolute atomic E-state index is 0.0217. The van der Waals surface area contributed by atoms with E-state index in [1.165, 1.54) is 22.2 Å². The summed E-state index contributed by atoms with van der Waals surface area (Å²) in [6.45, 7) is 0.456. The van der Waals surface area contributed by atoms with Crippen LogP contribution in [0.25, 0.3) is 5.65 Å². The molecule has 0 aliphatic carbocycles. The molecule has 5 rings (SSSR count). The number of amides is 1. The molecule has 1 amide bonds. The van der Waals surface area contributed by atoms with E-state index < -0.39 is 35.9 Å². The van der Waals surface area contributed by atoms with E-state index >= 15 is 0 Å². The van der Waals surface area contributed by atoms with E-state index in [9.17, 15) is 28.2 Å². The highest BCUT2D eigenvalue weighted by molar-refractivity contribution is 5.93. The number of β-amino-alcohol motifs (C(OH)–C–C–N with tert-alkyl or cyclic N) is 1. The number of rotatable bonds is 2. The molecule has 2 aliphatic heterocycles. The number of benzene rings is 1. The van der Waals surface area contributed by atoms with Crippen LogP contribution in [0.5, 0.6) is 0 Å². The van der Waals surface area contributed by atoms with Crippen LogP contribution in [0, 0.1) is 0 Å². The minimum atomic E-state index is -4.59. The third kappa shape index (κ3) is 3.77. The van der Waals surface area contributed by atoms with Gasteiger partial charge in [0.15, 0.2) is 0 Å². The number of carbonyl (C=O) groups excluding carboxylic acids is 1. The van der Waals surface area contributed by atoms with Crippen molar-refractivity contribution in [3.63, 3.8) is 0 Å². The highest BCUT2D eigenvalue weighted by Gasteiger charge is 2.45. The fraction of sp³-hybridized carbons (Fsp3) is 0.391. The normalized spacial score (nSPS) is 23.2. The summed E-state index contributed by atoms with van der Waals surface area (Å²) in [5.41, 5.74) is 0.933. The average molecular weight is 460 g/mol. The predicted octanol–water partition coefficient (Wildman–Crippen LogP) is 2.14. The second-order valence-corrected chi connectivity index (χ2v) is 8.74. The lowest BCUT2D eigenvalue weighted by molar-refractivity contribution is -0.137. The first-order valence-electron chi connectivity index (χ1n) is 10.7. The van der Waals surface area contributed by atoms with Gasteiger partial charge >= 0.3 is 6.18 Å². The molecule has 3 N–H and O–H groups in total. The highest BCUT2D eigenvalue weighted by atomic mass is 19.4. The fourth-order valence-corrected chi connectivity index (χ4v) is 4.85. The second kappa shape index (κ2) is 7.82. The second-order valence-electron chi connectivity index (χ2n) is 8.74. The summed E-state index contributed by atoms with van der Waals surface area (Å²) in [6, 6.07) is 8.88. The molecule has 0 bridgehead atoms. The number of halogens is 3. The topological polar surface area (TPSA) is 90.1 Å². The number of carbonyl (C=O) groups is 1. The summed E-state index contributed by atoms with van der Waals surface area (Å²) in [6.07, 6.45) is -2.14. The summed E-state index contributed by atoms with van der Waals surface area (Å²) in [7, 11) is 0. The molecule has 10 heteroatoms. The van der Waals surface area contributed by atoms with E-state index in [4.69, 9.17) is 0 Å². The zero-order valence-corrected chi connectivity index (χ0v) is 17.6. The van der Waals surface area contributed by atoms with Crippen molar-refractivity contribution >= 4 is 11.6 Å². The van der Waals surface area contributed by atoms with Crippen molar-refractivity contribution < 1.29 is 28.2 Å². The molecule has 2 aliphatic rings. The van der Waals surface area contributed by atoms with Gasteiger partial charge in [-0.15, -0.1) is 0 Å². The molecule has 174 valence electrons. The van der Waals surface area contributed by atoms with E-state index in [-0.39, 0.29) is 23.4 Å². The van der Waals surface area contributed by atoms with Gasteiger partial charge in [-0.2, -0.15) is 13.2 Å².